The number of nitrogens with zero attached hydrogens (tertiary/aromatic N) is 2. The summed E-state index contributed by atoms with van der Waals surface area (Å²) in [6, 6.07) is 13.4. The number of nitriles is 1. The molecule has 3 aromatic rings. The summed E-state index contributed by atoms with van der Waals surface area (Å²) in [5.74, 6) is -0.843. The molecule has 5 N–H and O–H groups in total. The minimum atomic E-state index is -0.642. The van der Waals surface area contributed by atoms with Crippen LogP contribution in [0.1, 0.15) is 73.0 Å². The Morgan fingerprint density at radius 1 is 1.07 bits per heavy atom. The highest BCUT2D eigenvalue weighted by molar-refractivity contribution is 7.18. The lowest BCUT2D eigenvalue weighted by atomic mass is 9.97. The van der Waals surface area contributed by atoms with Crippen LogP contribution in [0.4, 0.5) is 4.39 Å². The number of amides is 2. The van der Waals surface area contributed by atoms with E-state index >= 15 is 0 Å². The molecule has 0 radical (unpaired) electrons. The Morgan fingerprint density at radius 2 is 1.79 bits per heavy atom. The summed E-state index contributed by atoms with van der Waals surface area (Å²) < 4.78 is 20.4. The van der Waals surface area contributed by atoms with E-state index in [4.69, 9.17) is 15.7 Å². The van der Waals surface area contributed by atoms with E-state index in [0.29, 0.717) is 45.2 Å². The van der Waals surface area contributed by atoms with Crippen molar-refractivity contribution in [3.05, 3.63) is 58.7 Å². The van der Waals surface area contributed by atoms with Crippen LogP contribution in [0, 0.1) is 17.1 Å². The fraction of sp³-hybridized carbons (Fsp3) is 0.406. The molecular weight excluding hydrogens is 571 g/mol. The number of piperidine rings is 1. The number of fused-ring (bicyclic) bond motifs is 2. The molecule has 2 atom stereocenters. The van der Waals surface area contributed by atoms with Crippen molar-refractivity contribution < 1.29 is 29.0 Å². The van der Waals surface area contributed by atoms with Gasteiger partial charge in [0.2, 0.25) is 5.91 Å². The van der Waals surface area contributed by atoms with Gasteiger partial charge in [0.05, 0.1) is 17.0 Å². The summed E-state index contributed by atoms with van der Waals surface area (Å²) in [7, 11) is 0. The zero-order valence-electron chi connectivity index (χ0n) is 23.7. The first kappa shape index (κ1) is 30.5. The zero-order valence-corrected chi connectivity index (χ0v) is 24.5. The van der Waals surface area contributed by atoms with Crippen molar-refractivity contribution in [2.24, 2.45) is 5.73 Å². The van der Waals surface area contributed by atoms with Gasteiger partial charge in [0.15, 0.2) is 11.5 Å². The highest BCUT2D eigenvalue weighted by Gasteiger charge is 2.43. The Balaban J connectivity index is 1.36. The number of carbonyl (C=O) groups excluding carboxylic acids is 2. The Bertz CT molecular complexity index is 1520. The SMILES string of the molecule is N#Cc1ccc(-c2cc(C(=O)N3C4CCC3CC(N)C4)sc2-c2ccc(OCCCCCCC(=O)NO)c(O)c2)cc1F. The van der Waals surface area contributed by atoms with Gasteiger partial charge in [-0.2, -0.15) is 5.26 Å². The van der Waals surface area contributed by atoms with Crippen LogP contribution < -0.4 is 16.0 Å². The van der Waals surface area contributed by atoms with E-state index in [9.17, 15) is 24.3 Å². The molecule has 1 aromatic heterocycles. The number of hydrogen-bond donors (Lipinski definition) is 4. The monoisotopic (exact) mass is 606 g/mol. The molecule has 3 heterocycles. The van der Waals surface area contributed by atoms with Gasteiger partial charge in [0.25, 0.3) is 5.91 Å². The number of benzene rings is 2. The number of rotatable bonds is 11. The third-order valence-corrected chi connectivity index (χ3v) is 9.42. The van der Waals surface area contributed by atoms with Crippen LogP contribution in [0.5, 0.6) is 11.5 Å². The molecule has 5 rings (SSSR count). The van der Waals surface area contributed by atoms with E-state index in [-0.39, 0.29) is 41.8 Å². The number of phenols is 1. The highest BCUT2D eigenvalue weighted by atomic mass is 32.1. The maximum absolute atomic E-state index is 14.7. The summed E-state index contributed by atoms with van der Waals surface area (Å²) in [4.78, 5) is 28.1. The molecule has 2 saturated heterocycles. The van der Waals surface area contributed by atoms with Crippen LogP contribution in [0.2, 0.25) is 0 Å². The number of nitrogens with two attached hydrogens (primary N) is 1. The second kappa shape index (κ2) is 13.5. The minimum Gasteiger partial charge on any atom is -0.504 e. The molecule has 0 saturated carbocycles. The topological polar surface area (TPSA) is 149 Å². The molecule has 2 aliphatic rings. The number of ether oxygens (including phenoxy) is 1. The summed E-state index contributed by atoms with van der Waals surface area (Å²) in [6.07, 6.45) is 6.74. The smallest absolute Gasteiger partial charge is 0.264 e. The lowest BCUT2D eigenvalue weighted by Crippen LogP contribution is -2.49. The number of phenolic OH excluding ortho intramolecular Hbond substituents is 1. The summed E-state index contributed by atoms with van der Waals surface area (Å²) in [6.45, 7) is 0.383. The lowest BCUT2D eigenvalue weighted by Gasteiger charge is -2.37. The van der Waals surface area contributed by atoms with Gasteiger partial charge >= 0.3 is 0 Å². The second-order valence-corrected chi connectivity index (χ2v) is 12.3. The predicted molar refractivity (Wildman–Crippen MR) is 160 cm³/mol. The molecule has 2 aromatic carbocycles. The van der Waals surface area contributed by atoms with Crippen molar-refractivity contribution >= 4 is 23.2 Å². The van der Waals surface area contributed by atoms with Gasteiger partial charge in [0.1, 0.15) is 11.9 Å². The van der Waals surface area contributed by atoms with Crippen LogP contribution in [0.3, 0.4) is 0 Å². The fourth-order valence-electron chi connectivity index (χ4n) is 6.14. The molecule has 2 amide bonds. The van der Waals surface area contributed by atoms with Crippen LogP contribution in [-0.2, 0) is 4.79 Å². The third-order valence-electron chi connectivity index (χ3n) is 8.25. The maximum atomic E-state index is 14.7. The Hall–Kier alpha value is -3.98. The molecule has 2 bridgehead atoms. The number of aromatic hydroxyl groups is 1. The van der Waals surface area contributed by atoms with E-state index in [1.54, 1.807) is 35.8 Å². The molecular formula is C32H35FN4O5S. The normalized spacial score (nSPS) is 19.2. The molecule has 43 heavy (non-hydrogen) atoms. The van der Waals surface area contributed by atoms with Gasteiger partial charge in [-0.25, -0.2) is 9.87 Å². The largest absolute Gasteiger partial charge is 0.504 e. The van der Waals surface area contributed by atoms with E-state index in [0.717, 1.165) is 44.9 Å². The van der Waals surface area contributed by atoms with Crippen LogP contribution in [-0.4, -0.2) is 51.8 Å². The van der Waals surface area contributed by atoms with Gasteiger partial charge in [0, 0.05) is 35.0 Å². The van der Waals surface area contributed by atoms with Crippen LogP contribution in [0.15, 0.2) is 42.5 Å². The first-order valence-corrected chi connectivity index (χ1v) is 15.4. The Labute approximate surface area is 253 Å². The molecule has 0 spiro atoms. The minimum absolute atomic E-state index is 0.0570. The number of carbonyl (C=O) groups is 2. The van der Waals surface area contributed by atoms with Crippen LogP contribution >= 0.6 is 11.3 Å². The number of hydroxylamine groups is 1. The van der Waals surface area contributed by atoms with Gasteiger partial charge < -0.3 is 20.5 Å². The fourth-order valence-corrected chi connectivity index (χ4v) is 7.26. The van der Waals surface area contributed by atoms with E-state index < -0.39 is 11.7 Å². The summed E-state index contributed by atoms with van der Waals surface area (Å²) >= 11 is 1.30. The van der Waals surface area contributed by atoms with Crippen molar-refractivity contribution in [3.63, 3.8) is 0 Å². The van der Waals surface area contributed by atoms with Gasteiger partial charge in [-0.1, -0.05) is 18.9 Å². The molecule has 2 aliphatic heterocycles. The summed E-state index contributed by atoms with van der Waals surface area (Å²) in [5, 5.41) is 28.5. The second-order valence-electron chi connectivity index (χ2n) is 11.2. The number of unbranched alkanes of at least 4 members (excludes halogenated alkanes) is 3. The number of thiophene rings is 1. The van der Waals surface area contributed by atoms with Gasteiger partial charge in [-0.3, -0.25) is 14.8 Å². The summed E-state index contributed by atoms with van der Waals surface area (Å²) in [5.41, 5.74) is 9.60. The first-order chi connectivity index (χ1) is 20.8. The van der Waals surface area contributed by atoms with Crippen molar-refractivity contribution in [2.45, 2.75) is 75.9 Å². The number of halogens is 1. The molecule has 2 unspecified atom stereocenters. The van der Waals surface area contributed by atoms with Crippen molar-refractivity contribution in [3.8, 4) is 39.1 Å². The van der Waals surface area contributed by atoms with E-state index in [1.807, 2.05) is 11.0 Å². The average Bonchev–Trinajstić information content (AvgIpc) is 3.56. The average molecular weight is 607 g/mol. The molecule has 2 fully saturated rings. The molecule has 0 aliphatic carbocycles. The third kappa shape index (κ3) is 6.82. The van der Waals surface area contributed by atoms with Crippen molar-refractivity contribution in [2.75, 3.05) is 6.61 Å². The van der Waals surface area contributed by atoms with Crippen molar-refractivity contribution in [1.29, 1.82) is 5.26 Å². The lowest BCUT2D eigenvalue weighted by molar-refractivity contribution is -0.129. The predicted octanol–water partition coefficient (Wildman–Crippen LogP) is 5.73. The first-order valence-electron chi connectivity index (χ1n) is 14.6. The van der Waals surface area contributed by atoms with Gasteiger partial charge in [-0.15, -0.1) is 11.3 Å². The van der Waals surface area contributed by atoms with Crippen molar-refractivity contribution in [1.82, 2.24) is 10.4 Å². The Kier molecular flexibility index (Phi) is 9.60. The van der Waals surface area contributed by atoms with E-state index in [2.05, 4.69) is 0 Å². The maximum Gasteiger partial charge on any atom is 0.264 e. The van der Waals surface area contributed by atoms with E-state index in [1.165, 1.54) is 23.5 Å². The highest BCUT2D eigenvalue weighted by Crippen LogP contribution is 2.44. The molecule has 11 heteroatoms. The standard InChI is InChI=1S/C32H35FN4O5S/c33-26-13-19(6-7-21(26)18-34)25-17-29(32(40)37-23-9-10-24(37)16-22(35)15-23)43-31(25)20-8-11-28(27(38)14-20)42-12-4-2-1-3-5-30(39)36-41/h6-8,11,13-14,17,22-24,38,41H,1-5,9-10,12,15-16,35H2,(H,36,39). The van der Waals surface area contributed by atoms with Gasteiger partial charge in [-0.05, 0) is 86.1 Å². The quantitative estimate of drug-likeness (QED) is 0.124. The number of hydrogen-bond acceptors (Lipinski definition) is 8. The number of nitrogens with one attached hydrogen (secondary N) is 1. The molecule has 226 valence electrons. The Morgan fingerprint density at radius 3 is 2.47 bits per heavy atom. The molecule has 9 nitrogen and oxygen atoms in total. The zero-order chi connectivity index (χ0) is 30.5. The van der Waals surface area contributed by atoms with Crippen LogP contribution in [0.25, 0.3) is 21.6 Å².